The lowest BCUT2D eigenvalue weighted by Crippen LogP contribution is -2.47. The number of piperidine rings is 1. The van der Waals surface area contributed by atoms with Crippen molar-refractivity contribution in [2.75, 3.05) is 19.7 Å². The van der Waals surface area contributed by atoms with Crippen LogP contribution in [0.25, 0.3) is 0 Å². The second-order valence-corrected chi connectivity index (χ2v) is 4.88. The van der Waals surface area contributed by atoms with Crippen LogP contribution in [0.3, 0.4) is 0 Å². The molecule has 1 aliphatic rings. The summed E-state index contributed by atoms with van der Waals surface area (Å²) in [6.07, 6.45) is 5.02. The predicted octanol–water partition coefficient (Wildman–Crippen LogP) is 1.23. The Bertz CT molecular complexity index is 437. The highest BCUT2D eigenvalue weighted by Gasteiger charge is 2.24. The van der Waals surface area contributed by atoms with Gasteiger partial charge in [-0.2, -0.15) is 0 Å². The Hall–Kier alpha value is -1.98. The summed E-state index contributed by atoms with van der Waals surface area (Å²) in [5.74, 6) is 0.00999. The maximum absolute atomic E-state index is 11.9. The molecular weight excluding hydrogens is 258 g/mol. The Morgan fingerprint density at radius 2 is 1.90 bits per heavy atom. The number of hydrogen-bond donors (Lipinski definition) is 1. The van der Waals surface area contributed by atoms with Crippen LogP contribution in [0.2, 0.25) is 0 Å². The zero-order valence-electron chi connectivity index (χ0n) is 11.7. The van der Waals surface area contributed by atoms with E-state index < -0.39 is 0 Å². The van der Waals surface area contributed by atoms with Gasteiger partial charge in [-0.3, -0.25) is 4.79 Å². The number of ether oxygens (including phenoxy) is 1. The summed E-state index contributed by atoms with van der Waals surface area (Å²) in [7, 11) is 0. The number of rotatable bonds is 4. The molecule has 0 atom stereocenters. The molecule has 2 amide bonds. The molecule has 1 aromatic rings. The van der Waals surface area contributed by atoms with E-state index in [-0.39, 0.29) is 18.0 Å². The van der Waals surface area contributed by atoms with E-state index in [2.05, 4.69) is 5.32 Å². The van der Waals surface area contributed by atoms with Crippen LogP contribution in [0.15, 0.2) is 24.5 Å². The number of likely N-dealkylation sites (tertiary alicyclic amines) is 1. The summed E-state index contributed by atoms with van der Waals surface area (Å²) in [6, 6.07) is 3.93. The Balaban J connectivity index is 1.71. The van der Waals surface area contributed by atoms with Crippen LogP contribution in [0.4, 0.5) is 4.79 Å². The molecular formula is C14H21N3O3. The highest BCUT2D eigenvalue weighted by Crippen LogP contribution is 2.11. The topological polar surface area (TPSA) is 63.6 Å². The van der Waals surface area contributed by atoms with Crippen LogP contribution in [-0.2, 0) is 16.1 Å². The fourth-order valence-corrected chi connectivity index (χ4v) is 2.34. The lowest BCUT2D eigenvalue weighted by molar-refractivity contribution is -0.122. The molecule has 0 spiro atoms. The molecule has 6 heteroatoms. The van der Waals surface area contributed by atoms with Gasteiger partial charge in [0.25, 0.3) is 0 Å². The molecule has 110 valence electrons. The molecule has 0 bridgehead atoms. The summed E-state index contributed by atoms with van der Waals surface area (Å²) in [4.78, 5) is 25.1. The van der Waals surface area contributed by atoms with Gasteiger partial charge in [0.1, 0.15) is 6.54 Å². The number of carbonyl (C=O) groups excluding carboxylic acids is 2. The molecule has 0 aliphatic carbocycles. The van der Waals surface area contributed by atoms with Crippen molar-refractivity contribution in [1.82, 2.24) is 14.8 Å². The summed E-state index contributed by atoms with van der Waals surface area (Å²) in [5.41, 5.74) is 0. The molecule has 2 rings (SSSR count). The van der Waals surface area contributed by atoms with Gasteiger partial charge in [0.15, 0.2) is 0 Å². The van der Waals surface area contributed by atoms with Crippen molar-refractivity contribution in [3.63, 3.8) is 0 Å². The van der Waals surface area contributed by atoms with Gasteiger partial charge in [-0.05, 0) is 31.9 Å². The van der Waals surface area contributed by atoms with E-state index in [1.54, 1.807) is 11.8 Å². The van der Waals surface area contributed by atoms with Crippen molar-refractivity contribution < 1.29 is 14.3 Å². The van der Waals surface area contributed by atoms with E-state index in [1.807, 2.05) is 29.1 Å². The summed E-state index contributed by atoms with van der Waals surface area (Å²) in [5, 5.41) is 3.01. The predicted molar refractivity (Wildman–Crippen MR) is 74.2 cm³/mol. The van der Waals surface area contributed by atoms with Crippen LogP contribution >= 0.6 is 0 Å². The standard InChI is InChI=1S/C14H21N3O3/c1-2-20-14(19)17-9-5-12(6-10-17)15-13(18)11-16-7-3-4-8-16/h3-4,7-8,12H,2,5-6,9-11H2,1H3,(H,15,18). The van der Waals surface area contributed by atoms with E-state index in [4.69, 9.17) is 4.74 Å². The van der Waals surface area contributed by atoms with Crippen molar-refractivity contribution in [3.05, 3.63) is 24.5 Å². The first-order chi connectivity index (χ1) is 9.69. The fourth-order valence-electron chi connectivity index (χ4n) is 2.34. The van der Waals surface area contributed by atoms with Gasteiger partial charge in [-0.25, -0.2) is 4.79 Å². The summed E-state index contributed by atoms with van der Waals surface area (Å²) in [6.45, 7) is 3.80. The second kappa shape index (κ2) is 6.98. The van der Waals surface area contributed by atoms with Crippen molar-refractivity contribution in [2.45, 2.75) is 32.4 Å². The SMILES string of the molecule is CCOC(=O)N1CCC(NC(=O)Cn2cccc2)CC1. The highest BCUT2D eigenvalue weighted by atomic mass is 16.6. The highest BCUT2D eigenvalue weighted by molar-refractivity contribution is 5.76. The van der Waals surface area contributed by atoms with E-state index in [0.717, 1.165) is 12.8 Å². The third-order valence-corrected chi connectivity index (χ3v) is 3.38. The molecule has 1 fully saturated rings. The van der Waals surface area contributed by atoms with Gasteiger partial charge >= 0.3 is 6.09 Å². The number of aromatic nitrogens is 1. The van der Waals surface area contributed by atoms with E-state index >= 15 is 0 Å². The van der Waals surface area contributed by atoms with E-state index in [1.165, 1.54) is 0 Å². The van der Waals surface area contributed by atoms with Crippen molar-refractivity contribution >= 4 is 12.0 Å². The smallest absolute Gasteiger partial charge is 0.409 e. The van der Waals surface area contributed by atoms with Crippen LogP contribution in [0.5, 0.6) is 0 Å². The molecule has 1 saturated heterocycles. The van der Waals surface area contributed by atoms with Crippen LogP contribution in [-0.4, -0.2) is 47.2 Å². The average Bonchev–Trinajstić information content (AvgIpc) is 2.92. The minimum absolute atomic E-state index is 0.00999. The number of hydrogen-bond acceptors (Lipinski definition) is 3. The van der Waals surface area contributed by atoms with Gasteiger partial charge in [-0.15, -0.1) is 0 Å². The van der Waals surface area contributed by atoms with Gasteiger partial charge in [0, 0.05) is 31.5 Å². The van der Waals surface area contributed by atoms with Gasteiger partial charge < -0.3 is 19.5 Å². The maximum atomic E-state index is 11.9. The molecule has 0 aromatic carbocycles. The second-order valence-electron chi connectivity index (χ2n) is 4.88. The molecule has 1 N–H and O–H groups in total. The Kier molecular flexibility index (Phi) is 5.03. The van der Waals surface area contributed by atoms with Crippen LogP contribution < -0.4 is 5.32 Å². The average molecular weight is 279 g/mol. The van der Waals surface area contributed by atoms with Crippen molar-refractivity contribution in [1.29, 1.82) is 0 Å². The number of carbonyl (C=O) groups is 2. The number of amides is 2. The monoisotopic (exact) mass is 279 g/mol. The first kappa shape index (κ1) is 14.4. The number of nitrogens with zero attached hydrogens (tertiary/aromatic N) is 2. The third-order valence-electron chi connectivity index (χ3n) is 3.38. The molecule has 0 saturated carbocycles. The van der Waals surface area contributed by atoms with E-state index in [0.29, 0.717) is 26.2 Å². The van der Waals surface area contributed by atoms with Crippen LogP contribution in [0.1, 0.15) is 19.8 Å². The third kappa shape index (κ3) is 4.01. The molecule has 1 aliphatic heterocycles. The summed E-state index contributed by atoms with van der Waals surface area (Å²) >= 11 is 0. The lowest BCUT2D eigenvalue weighted by atomic mass is 10.1. The fraction of sp³-hybridized carbons (Fsp3) is 0.571. The first-order valence-electron chi connectivity index (χ1n) is 7.01. The maximum Gasteiger partial charge on any atom is 0.409 e. The normalized spacial score (nSPS) is 15.9. The molecule has 0 unspecified atom stereocenters. The Morgan fingerprint density at radius 1 is 1.25 bits per heavy atom. The van der Waals surface area contributed by atoms with Crippen molar-refractivity contribution in [3.8, 4) is 0 Å². The molecule has 6 nitrogen and oxygen atoms in total. The van der Waals surface area contributed by atoms with Gasteiger partial charge in [-0.1, -0.05) is 0 Å². The van der Waals surface area contributed by atoms with E-state index in [9.17, 15) is 9.59 Å². The van der Waals surface area contributed by atoms with Gasteiger partial charge in [0.2, 0.25) is 5.91 Å². The molecule has 20 heavy (non-hydrogen) atoms. The minimum atomic E-state index is -0.260. The van der Waals surface area contributed by atoms with Crippen LogP contribution in [0, 0.1) is 0 Å². The minimum Gasteiger partial charge on any atom is -0.450 e. The lowest BCUT2D eigenvalue weighted by Gasteiger charge is -2.31. The Morgan fingerprint density at radius 3 is 2.50 bits per heavy atom. The summed E-state index contributed by atoms with van der Waals surface area (Å²) < 4.78 is 6.80. The largest absolute Gasteiger partial charge is 0.450 e. The molecule has 1 aromatic heterocycles. The Labute approximate surface area is 118 Å². The zero-order chi connectivity index (χ0) is 14.4. The molecule has 0 radical (unpaired) electrons. The quantitative estimate of drug-likeness (QED) is 0.901. The molecule has 2 heterocycles. The first-order valence-corrected chi connectivity index (χ1v) is 7.01. The van der Waals surface area contributed by atoms with Gasteiger partial charge in [0.05, 0.1) is 6.61 Å². The number of nitrogens with one attached hydrogen (secondary N) is 1. The van der Waals surface area contributed by atoms with Crippen molar-refractivity contribution in [2.24, 2.45) is 0 Å². The zero-order valence-corrected chi connectivity index (χ0v) is 11.7.